The standard InChI is InChI=1S/C19H23N3O/c20-18-11-4-5-12-22(19(18)23)14-15-7-6-10-17(13-15)21-16-8-2-1-3-9-16/h1-3,6-10,13,18,21H,4-5,11-12,14,20H2. The first-order valence-electron chi connectivity index (χ1n) is 8.18. The maximum Gasteiger partial charge on any atom is 0.239 e. The Balaban J connectivity index is 1.71. The van der Waals surface area contributed by atoms with Crippen LogP contribution in [0.4, 0.5) is 11.4 Å². The van der Waals surface area contributed by atoms with E-state index in [0.29, 0.717) is 6.54 Å². The summed E-state index contributed by atoms with van der Waals surface area (Å²) in [5.41, 5.74) is 9.15. The highest BCUT2D eigenvalue weighted by molar-refractivity contribution is 5.81. The van der Waals surface area contributed by atoms with Crippen molar-refractivity contribution < 1.29 is 4.79 Å². The number of anilines is 2. The van der Waals surface area contributed by atoms with Gasteiger partial charge in [-0.25, -0.2) is 0 Å². The van der Waals surface area contributed by atoms with Crippen LogP contribution >= 0.6 is 0 Å². The average Bonchev–Trinajstić information content (AvgIpc) is 2.72. The lowest BCUT2D eigenvalue weighted by Crippen LogP contribution is -2.41. The Kier molecular flexibility index (Phi) is 4.93. The van der Waals surface area contributed by atoms with Crippen molar-refractivity contribution >= 4 is 17.3 Å². The van der Waals surface area contributed by atoms with Gasteiger partial charge in [-0.2, -0.15) is 0 Å². The number of amides is 1. The highest BCUT2D eigenvalue weighted by Crippen LogP contribution is 2.20. The van der Waals surface area contributed by atoms with Gasteiger partial charge in [0.25, 0.3) is 0 Å². The predicted octanol–water partition coefficient (Wildman–Crippen LogP) is 3.27. The topological polar surface area (TPSA) is 58.4 Å². The van der Waals surface area contributed by atoms with Crippen molar-refractivity contribution in [1.29, 1.82) is 0 Å². The Bertz CT molecular complexity index is 657. The Hall–Kier alpha value is -2.33. The second kappa shape index (κ2) is 7.29. The van der Waals surface area contributed by atoms with E-state index in [1.165, 1.54) is 0 Å². The largest absolute Gasteiger partial charge is 0.356 e. The van der Waals surface area contributed by atoms with Gasteiger partial charge >= 0.3 is 0 Å². The van der Waals surface area contributed by atoms with Crippen molar-refractivity contribution in [2.24, 2.45) is 5.73 Å². The van der Waals surface area contributed by atoms with Crippen LogP contribution in [0, 0.1) is 0 Å². The van der Waals surface area contributed by atoms with Gasteiger partial charge in [0.15, 0.2) is 0 Å². The van der Waals surface area contributed by atoms with E-state index in [-0.39, 0.29) is 11.9 Å². The van der Waals surface area contributed by atoms with Crippen LogP contribution in [0.5, 0.6) is 0 Å². The number of carbonyl (C=O) groups excluding carboxylic acids is 1. The van der Waals surface area contributed by atoms with Crippen molar-refractivity contribution in [1.82, 2.24) is 4.90 Å². The fourth-order valence-electron chi connectivity index (χ4n) is 2.95. The van der Waals surface area contributed by atoms with E-state index >= 15 is 0 Å². The third-order valence-electron chi connectivity index (χ3n) is 4.18. The molecule has 1 unspecified atom stereocenters. The van der Waals surface area contributed by atoms with Crippen molar-refractivity contribution in [2.75, 3.05) is 11.9 Å². The van der Waals surface area contributed by atoms with Crippen molar-refractivity contribution in [3.05, 3.63) is 60.2 Å². The molecule has 1 heterocycles. The van der Waals surface area contributed by atoms with Gasteiger partial charge in [0, 0.05) is 24.5 Å². The fourth-order valence-corrected chi connectivity index (χ4v) is 2.95. The summed E-state index contributed by atoms with van der Waals surface area (Å²) in [5, 5.41) is 3.39. The van der Waals surface area contributed by atoms with Crippen LogP contribution in [0.3, 0.4) is 0 Å². The first kappa shape index (κ1) is 15.6. The molecule has 1 aliphatic heterocycles. The van der Waals surface area contributed by atoms with Crippen LogP contribution in [0.25, 0.3) is 0 Å². The summed E-state index contributed by atoms with van der Waals surface area (Å²) in [4.78, 5) is 14.2. The molecule has 0 aromatic heterocycles. The lowest BCUT2D eigenvalue weighted by molar-refractivity contribution is -0.132. The molecular weight excluding hydrogens is 286 g/mol. The molecule has 4 heteroatoms. The minimum Gasteiger partial charge on any atom is -0.356 e. The molecular formula is C19H23N3O. The van der Waals surface area contributed by atoms with Crippen LogP contribution in [0.15, 0.2) is 54.6 Å². The smallest absolute Gasteiger partial charge is 0.239 e. The van der Waals surface area contributed by atoms with Crippen LogP contribution in [-0.2, 0) is 11.3 Å². The molecule has 0 radical (unpaired) electrons. The minimum absolute atomic E-state index is 0.0731. The van der Waals surface area contributed by atoms with E-state index in [2.05, 4.69) is 17.4 Å². The van der Waals surface area contributed by atoms with E-state index in [1.54, 1.807) is 0 Å². The number of benzene rings is 2. The number of nitrogens with zero attached hydrogens (tertiary/aromatic N) is 1. The number of hydrogen-bond acceptors (Lipinski definition) is 3. The maximum atomic E-state index is 12.3. The van der Waals surface area contributed by atoms with Crippen LogP contribution < -0.4 is 11.1 Å². The lowest BCUT2D eigenvalue weighted by atomic mass is 10.1. The van der Waals surface area contributed by atoms with E-state index in [9.17, 15) is 4.79 Å². The second-order valence-electron chi connectivity index (χ2n) is 6.05. The Morgan fingerprint density at radius 2 is 1.83 bits per heavy atom. The van der Waals surface area contributed by atoms with Gasteiger partial charge in [-0.05, 0) is 49.1 Å². The van der Waals surface area contributed by atoms with Crippen LogP contribution in [-0.4, -0.2) is 23.4 Å². The summed E-state index contributed by atoms with van der Waals surface area (Å²) in [6.45, 7) is 1.42. The number of nitrogens with one attached hydrogen (secondary N) is 1. The van der Waals surface area contributed by atoms with E-state index in [4.69, 9.17) is 5.73 Å². The van der Waals surface area contributed by atoms with Crippen molar-refractivity contribution in [3.8, 4) is 0 Å². The number of para-hydroxylation sites is 1. The predicted molar refractivity (Wildman–Crippen MR) is 93.4 cm³/mol. The molecule has 23 heavy (non-hydrogen) atoms. The van der Waals surface area contributed by atoms with Crippen molar-refractivity contribution in [3.63, 3.8) is 0 Å². The summed E-state index contributed by atoms with van der Waals surface area (Å²) in [7, 11) is 0. The molecule has 3 N–H and O–H groups in total. The molecule has 2 aromatic rings. The molecule has 1 atom stereocenters. The van der Waals surface area contributed by atoms with Gasteiger partial charge in [-0.1, -0.05) is 30.3 Å². The molecule has 0 spiro atoms. The number of nitrogens with two attached hydrogens (primary N) is 1. The van der Waals surface area contributed by atoms with Gasteiger partial charge in [-0.3, -0.25) is 4.79 Å². The number of hydrogen-bond donors (Lipinski definition) is 2. The third kappa shape index (κ3) is 4.11. The Morgan fingerprint density at radius 3 is 2.65 bits per heavy atom. The van der Waals surface area contributed by atoms with Gasteiger partial charge in [0.1, 0.15) is 0 Å². The quantitative estimate of drug-likeness (QED) is 0.911. The van der Waals surface area contributed by atoms with E-state index in [0.717, 1.165) is 42.7 Å². The average molecular weight is 309 g/mol. The van der Waals surface area contributed by atoms with Gasteiger partial charge < -0.3 is 16.0 Å². The first-order valence-corrected chi connectivity index (χ1v) is 8.18. The minimum atomic E-state index is -0.344. The van der Waals surface area contributed by atoms with Crippen LogP contribution in [0.2, 0.25) is 0 Å². The lowest BCUT2D eigenvalue weighted by Gasteiger charge is -2.23. The summed E-state index contributed by atoms with van der Waals surface area (Å²) in [6, 6.07) is 17.9. The monoisotopic (exact) mass is 309 g/mol. The highest BCUT2D eigenvalue weighted by atomic mass is 16.2. The maximum absolute atomic E-state index is 12.3. The number of rotatable bonds is 4. The molecule has 1 saturated heterocycles. The molecule has 0 saturated carbocycles. The summed E-state index contributed by atoms with van der Waals surface area (Å²) in [5.74, 6) is 0.0731. The van der Waals surface area contributed by atoms with E-state index < -0.39 is 0 Å². The van der Waals surface area contributed by atoms with Crippen molar-refractivity contribution in [2.45, 2.75) is 31.8 Å². The van der Waals surface area contributed by atoms with Gasteiger partial charge in [0.05, 0.1) is 6.04 Å². The number of likely N-dealkylation sites (tertiary alicyclic amines) is 1. The zero-order chi connectivity index (χ0) is 16.1. The molecule has 2 aromatic carbocycles. The number of carbonyl (C=O) groups is 1. The van der Waals surface area contributed by atoms with Crippen LogP contribution in [0.1, 0.15) is 24.8 Å². The summed E-state index contributed by atoms with van der Waals surface area (Å²) < 4.78 is 0. The Morgan fingerprint density at radius 1 is 1.04 bits per heavy atom. The summed E-state index contributed by atoms with van der Waals surface area (Å²) in [6.07, 6.45) is 2.85. The zero-order valence-electron chi connectivity index (χ0n) is 13.2. The SMILES string of the molecule is NC1CCCCN(Cc2cccc(Nc3ccccc3)c2)C1=O. The van der Waals surface area contributed by atoms with Gasteiger partial charge in [-0.15, -0.1) is 0 Å². The second-order valence-corrected chi connectivity index (χ2v) is 6.05. The normalized spacial score (nSPS) is 18.6. The highest BCUT2D eigenvalue weighted by Gasteiger charge is 2.23. The molecule has 0 bridgehead atoms. The first-order chi connectivity index (χ1) is 11.2. The Labute approximate surface area is 137 Å². The third-order valence-corrected chi connectivity index (χ3v) is 4.18. The summed E-state index contributed by atoms with van der Waals surface area (Å²) >= 11 is 0. The molecule has 4 nitrogen and oxygen atoms in total. The molecule has 1 aliphatic rings. The van der Waals surface area contributed by atoms with Gasteiger partial charge in [0.2, 0.25) is 5.91 Å². The molecule has 3 rings (SSSR count). The zero-order valence-corrected chi connectivity index (χ0v) is 13.2. The molecule has 1 amide bonds. The molecule has 1 fully saturated rings. The van der Waals surface area contributed by atoms with E-state index in [1.807, 2.05) is 47.4 Å². The molecule has 120 valence electrons. The fraction of sp³-hybridized carbons (Fsp3) is 0.316. The molecule has 0 aliphatic carbocycles.